The Balaban J connectivity index is 2.24. The van der Waals surface area contributed by atoms with Gasteiger partial charge in [-0.1, -0.05) is 6.92 Å². The molecule has 1 saturated heterocycles. The molecule has 5 heteroatoms. The van der Waals surface area contributed by atoms with Crippen molar-refractivity contribution in [2.75, 3.05) is 13.7 Å². The van der Waals surface area contributed by atoms with Crippen molar-refractivity contribution in [1.82, 2.24) is 9.88 Å². The van der Waals surface area contributed by atoms with E-state index in [0.717, 1.165) is 35.5 Å². The number of carbonyl (C=O) groups is 1. The summed E-state index contributed by atoms with van der Waals surface area (Å²) in [5.41, 5.74) is 2.89. The summed E-state index contributed by atoms with van der Waals surface area (Å²) >= 11 is 0. The molecule has 1 aliphatic heterocycles. The van der Waals surface area contributed by atoms with Crippen molar-refractivity contribution in [3.63, 3.8) is 0 Å². The molecule has 2 rings (SSSR count). The SMILES string of the molecule is COc1c(C)cnc(CN2CCC(C)C2C(=O)O)c1C. The highest BCUT2D eigenvalue weighted by molar-refractivity contribution is 5.74. The summed E-state index contributed by atoms with van der Waals surface area (Å²) in [6.45, 7) is 7.29. The van der Waals surface area contributed by atoms with Gasteiger partial charge < -0.3 is 9.84 Å². The third-order valence-electron chi connectivity index (χ3n) is 4.16. The van der Waals surface area contributed by atoms with Crippen molar-refractivity contribution in [2.24, 2.45) is 5.92 Å². The van der Waals surface area contributed by atoms with Crippen molar-refractivity contribution in [1.29, 1.82) is 0 Å². The van der Waals surface area contributed by atoms with E-state index in [0.29, 0.717) is 6.54 Å². The molecule has 0 saturated carbocycles. The molecule has 1 fully saturated rings. The van der Waals surface area contributed by atoms with Gasteiger partial charge in [-0.05, 0) is 32.7 Å². The number of ether oxygens (including phenoxy) is 1. The molecule has 110 valence electrons. The highest BCUT2D eigenvalue weighted by Gasteiger charge is 2.36. The molecular weight excluding hydrogens is 256 g/mol. The number of likely N-dealkylation sites (tertiary alicyclic amines) is 1. The van der Waals surface area contributed by atoms with Crippen molar-refractivity contribution >= 4 is 5.97 Å². The van der Waals surface area contributed by atoms with Crippen LogP contribution in [0.1, 0.15) is 30.2 Å². The van der Waals surface area contributed by atoms with Gasteiger partial charge in [-0.3, -0.25) is 14.7 Å². The number of carboxylic acid groups (broad SMARTS) is 1. The van der Waals surface area contributed by atoms with Gasteiger partial charge in [0, 0.05) is 23.9 Å². The number of rotatable bonds is 4. The van der Waals surface area contributed by atoms with Gasteiger partial charge >= 0.3 is 5.97 Å². The van der Waals surface area contributed by atoms with Gasteiger partial charge in [0.2, 0.25) is 0 Å². The van der Waals surface area contributed by atoms with Crippen LogP contribution in [0, 0.1) is 19.8 Å². The van der Waals surface area contributed by atoms with E-state index in [9.17, 15) is 9.90 Å². The van der Waals surface area contributed by atoms with Crippen molar-refractivity contribution in [3.8, 4) is 5.75 Å². The number of carboxylic acids is 1. The summed E-state index contributed by atoms with van der Waals surface area (Å²) in [6, 6.07) is -0.413. The van der Waals surface area contributed by atoms with Crippen LogP contribution in [0.5, 0.6) is 5.75 Å². The average Bonchev–Trinajstić information content (AvgIpc) is 2.75. The second-order valence-corrected chi connectivity index (χ2v) is 5.57. The monoisotopic (exact) mass is 278 g/mol. The summed E-state index contributed by atoms with van der Waals surface area (Å²) in [4.78, 5) is 17.8. The minimum atomic E-state index is -0.744. The molecule has 2 heterocycles. The topological polar surface area (TPSA) is 62.7 Å². The summed E-state index contributed by atoms with van der Waals surface area (Å²) in [5.74, 6) is 0.279. The van der Waals surface area contributed by atoms with Gasteiger partial charge in [0.1, 0.15) is 11.8 Å². The standard InChI is InChI=1S/C15H22N2O3/c1-9-5-6-17(13(9)15(18)19)8-12-11(3)14(20-4)10(2)7-16-12/h7,9,13H,5-6,8H2,1-4H3,(H,18,19). The molecule has 1 aromatic rings. The molecule has 0 aliphatic carbocycles. The lowest BCUT2D eigenvalue weighted by atomic mass is 10.0. The minimum Gasteiger partial charge on any atom is -0.496 e. The van der Waals surface area contributed by atoms with Gasteiger partial charge in [-0.25, -0.2) is 0 Å². The number of nitrogens with zero attached hydrogens (tertiary/aromatic N) is 2. The van der Waals surface area contributed by atoms with E-state index >= 15 is 0 Å². The van der Waals surface area contributed by atoms with Crippen LogP contribution in [0.3, 0.4) is 0 Å². The molecule has 5 nitrogen and oxygen atoms in total. The smallest absolute Gasteiger partial charge is 0.321 e. The van der Waals surface area contributed by atoms with E-state index in [1.807, 2.05) is 25.7 Å². The third kappa shape index (κ3) is 2.63. The zero-order valence-electron chi connectivity index (χ0n) is 12.5. The maximum Gasteiger partial charge on any atom is 0.321 e. The largest absolute Gasteiger partial charge is 0.496 e. The Labute approximate surface area is 119 Å². The van der Waals surface area contributed by atoms with Crippen molar-refractivity contribution in [3.05, 3.63) is 23.0 Å². The minimum absolute atomic E-state index is 0.181. The van der Waals surface area contributed by atoms with Gasteiger partial charge in [-0.15, -0.1) is 0 Å². The zero-order valence-corrected chi connectivity index (χ0v) is 12.5. The van der Waals surface area contributed by atoms with Crippen LogP contribution >= 0.6 is 0 Å². The number of aryl methyl sites for hydroxylation is 1. The number of aliphatic carboxylic acids is 1. The van der Waals surface area contributed by atoms with E-state index < -0.39 is 12.0 Å². The molecule has 2 atom stereocenters. The summed E-state index contributed by atoms with van der Waals surface area (Å²) in [5, 5.41) is 9.36. The van der Waals surface area contributed by atoms with Gasteiger partial charge in [-0.2, -0.15) is 0 Å². The van der Waals surface area contributed by atoms with Gasteiger partial charge in [0.15, 0.2) is 0 Å². The lowest BCUT2D eigenvalue weighted by molar-refractivity contribution is -0.143. The maximum absolute atomic E-state index is 11.4. The predicted octanol–water partition coefficient (Wildman–Crippen LogP) is 2.00. The van der Waals surface area contributed by atoms with Crippen LogP contribution < -0.4 is 4.74 Å². The number of pyridine rings is 1. The van der Waals surface area contributed by atoms with Crippen LogP contribution in [0.15, 0.2) is 6.20 Å². The maximum atomic E-state index is 11.4. The molecule has 1 aromatic heterocycles. The van der Waals surface area contributed by atoms with Crippen molar-refractivity contribution in [2.45, 2.75) is 39.8 Å². The number of methoxy groups -OCH3 is 1. The lowest BCUT2D eigenvalue weighted by Crippen LogP contribution is -2.38. The van der Waals surface area contributed by atoms with Crippen LogP contribution in [0.2, 0.25) is 0 Å². The van der Waals surface area contributed by atoms with Crippen LogP contribution in [0.25, 0.3) is 0 Å². The quantitative estimate of drug-likeness (QED) is 0.912. The normalized spacial score (nSPS) is 23.0. The Kier molecular flexibility index (Phi) is 4.28. The second kappa shape index (κ2) is 5.79. The highest BCUT2D eigenvalue weighted by atomic mass is 16.5. The van der Waals surface area contributed by atoms with Gasteiger partial charge in [0.25, 0.3) is 0 Å². The first-order valence-electron chi connectivity index (χ1n) is 6.91. The Morgan fingerprint density at radius 1 is 1.55 bits per heavy atom. The Bertz CT molecular complexity index is 516. The summed E-state index contributed by atoms with van der Waals surface area (Å²) in [7, 11) is 1.65. The first-order valence-corrected chi connectivity index (χ1v) is 6.91. The van der Waals surface area contributed by atoms with E-state index in [2.05, 4.69) is 4.98 Å². The molecule has 0 radical (unpaired) electrons. The van der Waals surface area contributed by atoms with Crippen LogP contribution in [-0.2, 0) is 11.3 Å². The van der Waals surface area contributed by atoms with E-state index in [4.69, 9.17) is 4.74 Å². The van der Waals surface area contributed by atoms with Crippen molar-refractivity contribution < 1.29 is 14.6 Å². The molecule has 1 N–H and O–H groups in total. The van der Waals surface area contributed by atoms with E-state index in [1.165, 1.54) is 0 Å². The molecule has 0 aromatic carbocycles. The first kappa shape index (κ1) is 14.8. The molecule has 20 heavy (non-hydrogen) atoms. The van der Waals surface area contributed by atoms with Gasteiger partial charge in [0.05, 0.1) is 12.8 Å². The molecule has 0 bridgehead atoms. The summed E-state index contributed by atoms with van der Waals surface area (Å²) < 4.78 is 5.40. The fraction of sp³-hybridized carbons (Fsp3) is 0.600. The molecular formula is C15H22N2O3. The first-order chi connectivity index (χ1) is 9.45. The Morgan fingerprint density at radius 2 is 2.25 bits per heavy atom. The average molecular weight is 278 g/mol. The predicted molar refractivity (Wildman–Crippen MR) is 75.9 cm³/mol. The molecule has 2 unspecified atom stereocenters. The fourth-order valence-corrected chi connectivity index (χ4v) is 3.03. The third-order valence-corrected chi connectivity index (χ3v) is 4.16. The Morgan fingerprint density at radius 3 is 2.85 bits per heavy atom. The van der Waals surface area contributed by atoms with E-state index in [-0.39, 0.29) is 5.92 Å². The second-order valence-electron chi connectivity index (χ2n) is 5.57. The molecule has 0 amide bonds. The summed E-state index contributed by atoms with van der Waals surface area (Å²) in [6.07, 6.45) is 2.70. The molecule has 1 aliphatic rings. The van der Waals surface area contributed by atoms with Crippen LogP contribution in [-0.4, -0.2) is 40.7 Å². The van der Waals surface area contributed by atoms with E-state index in [1.54, 1.807) is 13.3 Å². The lowest BCUT2D eigenvalue weighted by Gasteiger charge is -2.24. The zero-order chi connectivity index (χ0) is 14.9. The fourth-order valence-electron chi connectivity index (χ4n) is 3.03. The molecule has 0 spiro atoms. The number of aromatic nitrogens is 1. The highest BCUT2D eigenvalue weighted by Crippen LogP contribution is 2.29. The number of hydrogen-bond donors (Lipinski definition) is 1. The number of hydrogen-bond acceptors (Lipinski definition) is 4. The van der Waals surface area contributed by atoms with Crippen LogP contribution in [0.4, 0.5) is 0 Å². The Hall–Kier alpha value is -1.62.